The predicted molar refractivity (Wildman–Crippen MR) is 115 cm³/mol. The molecule has 2 aromatic carbocycles. The van der Waals surface area contributed by atoms with Crippen LogP contribution in [0.3, 0.4) is 0 Å². The van der Waals surface area contributed by atoms with Gasteiger partial charge in [0.15, 0.2) is 0 Å². The second-order valence-electron chi connectivity index (χ2n) is 7.08. The van der Waals surface area contributed by atoms with Gasteiger partial charge in [0.2, 0.25) is 5.91 Å². The lowest BCUT2D eigenvalue weighted by Gasteiger charge is -2.16. The zero-order chi connectivity index (χ0) is 22.3. The molecule has 10 heteroatoms. The number of ether oxygens (including phenoxy) is 1. The summed E-state index contributed by atoms with van der Waals surface area (Å²) in [7, 11) is -3.98. The Labute approximate surface area is 181 Å². The fourth-order valence-corrected chi connectivity index (χ4v) is 4.27. The van der Waals surface area contributed by atoms with Gasteiger partial charge >= 0.3 is 10.2 Å². The van der Waals surface area contributed by atoms with Crippen LogP contribution >= 0.6 is 0 Å². The molecule has 3 N–H and O–H groups in total. The van der Waals surface area contributed by atoms with Gasteiger partial charge in [0.1, 0.15) is 18.0 Å². The van der Waals surface area contributed by atoms with Crippen LogP contribution < -0.4 is 19.1 Å². The molecule has 0 saturated carbocycles. The van der Waals surface area contributed by atoms with Crippen molar-refractivity contribution in [3.8, 4) is 11.5 Å². The van der Waals surface area contributed by atoms with Gasteiger partial charge in [-0.15, -0.1) is 0 Å². The first-order valence-electron chi connectivity index (χ1n) is 9.95. The topological polar surface area (TPSA) is 125 Å². The Bertz CT molecular complexity index is 1030. The number of rotatable bonds is 10. The molecule has 0 spiro atoms. The summed E-state index contributed by atoms with van der Waals surface area (Å²) in [4.78, 5) is 23.4. The summed E-state index contributed by atoms with van der Waals surface area (Å²) < 4.78 is 32.0. The Balaban J connectivity index is 1.37. The third kappa shape index (κ3) is 6.35. The molecular formula is C21H25N3O6S. The molecule has 9 nitrogen and oxygen atoms in total. The molecule has 3 rings (SSSR count). The van der Waals surface area contributed by atoms with Crippen molar-refractivity contribution in [3.63, 3.8) is 0 Å². The molecule has 1 saturated heterocycles. The average molecular weight is 448 g/mol. The van der Waals surface area contributed by atoms with Gasteiger partial charge in [0, 0.05) is 13.0 Å². The van der Waals surface area contributed by atoms with E-state index in [0.29, 0.717) is 25.1 Å². The molecule has 0 aromatic heterocycles. The lowest BCUT2D eigenvalue weighted by atomic mass is 10.1. The van der Waals surface area contributed by atoms with E-state index in [2.05, 4.69) is 5.32 Å². The van der Waals surface area contributed by atoms with Crippen LogP contribution in [0.15, 0.2) is 48.5 Å². The van der Waals surface area contributed by atoms with Crippen molar-refractivity contribution >= 4 is 27.7 Å². The SMILES string of the molecule is O=C(CCc1ccc(N2CC(=O)NS2(=O)=O)c(O)c1)NCCCCOc1ccccc1. The number of hydrogen-bond acceptors (Lipinski definition) is 6. The first-order valence-corrected chi connectivity index (χ1v) is 11.4. The van der Waals surface area contributed by atoms with E-state index in [1.54, 1.807) is 6.07 Å². The highest BCUT2D eigenvalue weighted by atomic mass is 32.2. The molecule has 1 heterocycles. The molecule has 166 valence electrons. The van der Waals surface area contributed by atoms with Gasteiger partial charge in [-0.25, -0.2) is 9.03 Å². The van der Waals surface area contributed by atoms with Gasteiger partial charge < -0.3 is 15.2 Å². The maximum Gasteiger partial charge on any atom is 0.326 e. The number of amides is 2. The predicted octanol–water partition coefficient (Wildman–Crippen LogP) is 1.48. The van der Waals surface area contributed by atoms with Crippen molar-refractivity contribution in [2.24, 2.45) is 0 Å². The molecular weight excluding hydrogens is 422 g/mol. The van der Waals surface area contributed by atoms with Crippen LogP contribution in [0.1, 0.15) is 24.8 Å². The summed E-state index contributed by atoms with van der Waals surface area (Å²) in [5.74, 6) is -0.210. The van der Waals surface area contributed by atoms with Crippen molar-refractivity contribution < 1.29 is 27.9 Å². The Kier molecular flexibility index (Phi) is 7.35. The van der Waals surface area contributed by atoms with E-state index >= 15 is 0 Å². The highest BCUT2D eigenvalue weighted by molar-refractivity contribution is 7.92. The first kappa shape index (κ1) is 22.4. The number of carbonyl (C=O) groups is 2. The van der Waals surface area contributed by atoms with Crippen molar-refractivity contribution in [3.05, 3.63) is 54.1 Å². The van der Waals surface area contributed by atoms with Crippen LogP contribution in [0.4, 0.5) is 5.69 Å². The molecule has 0 atom stereocenters. The van der Waals surface area contributed by atoms with Gasteiger partial charge in [-0.1, -0.05) is 24.3 Å². The van der Waals surface area contributed by atoms with Gasteiger partial charge in [-0.05, 0) is 49.1 Å². The fourth-order valence-electron chi connectivity index (χ4n) is 3.10. The number of aryl methyl sites for hydroxylation is 1. The number of nitrogens with zero attached hydrogens (tertiary/aromatic N) is 1. The number of phenolic OH excluding ortho intramolecular Hbond substituents is 1. The number of carbonyl (C=O) groups excluding carboxylic acids is 2. The summed E-state index contributed by atoms with van der Waals surface area (Å²) in [5.41, 5.74) is 0.702. The van der Waals surface area contributed by atoms with E-state index in [-0.39, 0.29) is 30.3 Å². The summed E-state index contributed by atoms with van der Waals surface area (Å²) >= 11 is 0. The quantitative estimate of drug-likeness (QED) is 0.474. The molecule has 1 aliphatic rings. The summed E-state index contributed by atoms with van der Waals surface area (Å²) in [6, 6.07) is 14.0. The Morgan fingerprint density at radius 2 is 1.94 bits per heavy atom. The highest BCUT2D eigenvalue weighted by Gasteiger charge is 2.35. The maximum absolute atomic E-state index is 12.0. The smallest absolute Gasteiger partial charge is 0.326 e. The fraction of sp³-hybridized carbons (Fsp3) is 0.333. The second kappa shape index (κ2) is 10.2. The van der Waals surface area contributed by atoms with Crippen LogP contribution in [0.2, 0.25) is 0 Å². The minimum Gasteiger partial charge on any atom is -0.506 e. The van der Waals surface area contributed by atoms with Gasteiger partial charge in [-0.2, -0.15) is 8.42 Å². The first-order chi connectivity index (χ1) is 14.8. The molecule has 0 unspecified atom stereocenters. The maximum atomic E-state index is 12.0. The number of anilines is 1. The minimum absolute atomic E-state index is 0.0178. The summed E-state index contributed by atoms with van der Waals surface area (Å²) in [6.07, 6.45) is 2.24. The highest BCUT2D eigenvalue weighted by Crippen LogP contribution is 2.31. The van der Waals surface area contributed by atoms with E-state index in [0.717, 1.165) is 22.9 Å². The lowest BCUT2D eigenvalue weighted by molar-refractivity contribution is -0.121. The van der Waals surface area contributed by atoms with Crippen LogP contribution in [-0.2, 0) is 26.2 Å². The summed E-state index contributed by atoms with van der Waals surface area (Å²) in [6.45, 7) is 0.752. The number of unbranched alkanes of at least 4 members (excludes halogenated alkanes) is 1. The summed E-state index contributed by atoms with van der Waals surface area (Å²) in [5, 5.41) is 13.0. The third-order valence-corrected chi connectivity index (χ3v) is 6.07. The van der Waals surface area contributed by atoms with Gasteiger partial charge in [0.05, 0.1) is 12.3 Å². The number of phenols is 1. The number of hydrogen-bond donors (Lipinski definition) is 3. The molecule has 31 heavy (non-hydrogen) atoms. The van der Waals surface area contributed by atoms with E-state index in [4.69, 9.17) is 4.74 Å². The van der Waals surface area contributed by atoms with Crippen molar-refractivity contribution in [1.82, 2.24) is 10.0 Å². The number of benzene rings is 2. The third-order valence-electron chi connectivity index (χ3n) is 4.67. The standard InChI is InChI=1S/C21H25N3O6S/c25-19-14-16(8-10-18(19)24-15-21(27)23-31(24,28)29)9-11-20(26)22-12-4-5-13-30-17-6-2-1-3-7-17/h1-3,6-8,10,14,25H,4-5,9,11-13,15H2,(H,22,26)(H,23,27). The number of aromatic hydroxyl groups is 1. The van der Waals surface area contributed by atoms with E-state index in [1.165, 1.54) is 12.1 Å². The molecule has 1 fully saturated rings. The van der Waals surface area contributed by atoms with Crippen LogP contribution in [0, 0.1) is 0 Å². The molecule has 2 aromatic rings. The van der Waals surface area contributed by atoms with Crippen molar-refractivity contribution in [2.75, 3.05) is 24.0 Å². The van der Waals surface area contributed by atoms with Gasteiger partial charge in [0.25, 0.3) is 5.91 Å². The van der Waals surface area contributed by atoms with E-state index in [9.17, 15) is 23.1 Å². The van der Waals surface area contributed by atoms with Gasteiger partial charge in [-0.3, -0.25) is 9.59 Å². The largest absolute Gasteiger partial charge is 0.506 e. The molecule has 2 amide bonds. The normalized spacial score (nSPS) is 14.8. The lowest BCUT2D eigenvalue weighted by Crippen LogP contribution is -2.29. The monoisotopic (exact) mass is 447 g/mol. The van der Waals surface area contributed by atoms with Crippen molar-refractivity contribution in [2.45, 2.75) is 25.7 Å². The minimum atomic E-state index is -3.98. The van der Waals surface area contributed by atoms with Crippen molar-refractivity contribution in [1.29, 1.82) is 0 Å². The zero-order valence-corrected chi connectivity index (χ0v) is 17.7. The Morgan fingerprint density at radius 1 is 1.16 bits per heavy atom. The average Bonchev–Trinajstić information content (AvgIpc) is 3.01. The molecule has 0 radical (unpaired) electrons. The van der Waals surface area contributed by atoms with Crippen LogP contribution in [-0.4, -0.2) is 45.0 Å². The second-order valence-corrected chi connectivity index (χ2v) is 8.67. The molecule has 0 aliphatic carbocycles. The van der Waals surface area contributed by atoms with Crippen LogP contribution in [0.25, 0.3) is 0 Å². The van der Waals surface area contributed by atoms with E-state index < -0.39 is 16.1 Å². The molecule has 1 aliphatic heterocycles. The molecule has 0 bridgehead atoms. The number of para-hydroxylation sites is 1. The Hall–Kier alpha value is -3.27. The van der Waals surface area contributed by atoms with E-state index in [1.807, 2.05) is 35.1 Å². The zero-order valence-electron chi connectivity index (χ0n) is 16.9. The number of nitrogens with one attached hydrogen (secondary N) is 2. The Morgan fingerprint density at radius 3 is 2.61 bits per heavy atom. The van der Waals surface area contributed by atoms with Crippen LogP contribution in [0.5, 0.6) is 11.5 Å².